The van der Waals surface area contributed by atoms with Crippen LogP contribution in [-0.2, 0) is 16.7 Å². The van der Waals surface area contributed by atoms with Gasteiger partial charge in [0.2, 0.25) is 0 Å². The van der Waals surface area contributed by atoms with Crippen molar-refractivity contribution in [3.8, 4) is 9.75 Å². The maximum atomic E-state index is 10.7. The summed E-state index contributed by atoms with van der Waals surface area (Å²) in [6.45, 7) is 1.51. The number of nitrogens with zero attached hydrogens (tertiary/aromatic N) is 1. The second-order valence-corrected chi connectivity index (χ2v) is 9.11. The molecule has 0 saturated heterocycles. The van der Waals surface area contributed by atoms with E-state index in [9.17, 15) is 13.0 Å². The van der Waals surface area contributed by atoms with Gasteiger partial charge in [-0.15, -0.1) is 22.7 Å². The summed E-state index contributed by atoms with van der Waals surface area (Å²) in [4.78, 5) is 2.54. The minimum absolute atomic E-state index is 0.279. The molecule has 0 fully saturated rings. The van der Waals surface area contributed by atoms with E-state index in [-0.39, 0.29) is 5.75 Å². The molecule has 0 radical (unpaired) electrons. The van der Waals surface area contributed by atoms with Crippen LogP contribution in [0.2, 0.25) is 0 Å². The number of quaternary nitrogens is 1. The summed E-state index contributed by atoms with van der Waals surface area (Å²) >= 11 is 3.46. The minimum atomic E-state index is -4.10. The highest BCUT2D eigenvalue weighted by molar-refractivity contribution is 7.85. The molecule has 0 aliphatic heterocycles. The molecule has 0 aromatic carbocycles. The van der Waals surface area contributed by atoms with E-state index in [0.29, 0.717) is 17.4 Å². The summed E-state index contributed by atoms with van der Waals surface area (Å²) in [5.74, 6) is -0.279. The fraction of sp³-hybridized carbons (Fsp3) is 0.429. The Labute approximate surface area is 134 Å². The highest BCUT2D eigenvalue weighted by atomic mass is 32.2. The Kier molecular flexibility index (Phi) is 5.21. The molecular formula is C14H19NO3S3. The van der Waals surface area contributed by atoms with Gasteiger partial charge in [0.05, 0.1) is 30.8 Å². The van der Waals surface area contributed by atoms with E-state index >= 15 is 0 Å². The first-order chi connectivity index (χ1) is 9.75. The van der Waals surface area contributed by atoms with E-state index in [0.717, 1.165) is 6.54 Å². The number of rotatable bonds is 7. The van der Waals surface area contributed by atoms with Crippen LogP contribution in [0.3, 0.4) is 0 Å². The van der Waals surface area contributed by atoms with Gasteiger partial charge < -0.3 is 9.04 Å². The fourth-order valence-corrected chi connectivity index (χ4v) is 4.48. The van der Waals surface area contributed by atoms with Crippen LogP contribution in [0.15, 0.2) is 29.0 Å². The SMILES string of the molecule is C[N+](C)(CCCS(=O)(=O)[O-])Cc1csc(-c2cccs2)c1. The van der Waals surface area contributed by atoms with Crippen molar-refractivity contribution in [2.75, 3.05) is 26.4 Å². The lowest BCUT2D eigenvalue weighted by Gasteiger charge is -2.29. The molecule has 7 heteroatoms. The zero-order valence-corrected chi connectivity index (χ0v) is 14.6. The van der Waals surface area contributed by atoms with Gasteiger partial charge in [-0.3, -0.25) is 0 Å². The lowest BCUT2D eigenvalue weighted by molar-refractivity contribution is -0.903. The first kappa shape index (κ1) is 16.6. The van der Waals surface area contributed by atoms with Gasteiger partial charge in [-0.05, 0) is 17.5 Å². The van der Waals surface area contributed by atoms with Crippen LogP contribution in [0.1, 0.15) is 12.0 Å². The molecule has 2 rings (SSSR count). The normalized spacial score (nSPS) is 12.7. The van der Waals surface area contributed by atoms with E-state index in [2.05, 4.69) is 37.0 Å². The van der Waals surface area contributed by atoms with E-state index in [4.69, 9.17) is 0 Å². The standard InChI is InChI=1S/C14H19NO3S3/c1-15(2,6-4-8-21(16,17)18)10-12-9-14(20-11-12)13-5-3-7-19-13/h3,5,7,9,11H,4,6,8,10H2,1-2H3. The third-order valence-electron chi connectivity index (χ3n) is 3.19. The molecule has 0 saturated carbocycles. The van der Waals surface area contributed by atoms with Crippen LogP contribution in [0.25, 0.3) is 9.75 Å². The zero-order chi connectivity index (χ0) is 15.5. The summed E-state index contributed by atoms with van der Waals surface area (Å²) in [7, 11) is 0.00945. The first-order valence-corrected chi connectivity index (χ1v) is 9.96. The highest BCUT2D eigenvalue weighted by Gasteiger charge is 2.17. The quantitative estimate of drug-likeness (QED) is 0.572. The van der Waals surface area contributed by atoms with Gasteiger partial charge in [0.1, 0.15) is 6.54 Å². The summed E-state index contributed by atoms with van der Waals surface area (Å²) in [5.41, 5.74) is 1.25. The smallest absolute Gasteiger partial charge is 0.105 e. The fourth-order valence-electron chi connectivity index (χ4n) is 2.25. The Hall–Kier alpha value is -0.730. The van der Waals surface area contributed by atoms with Crippen LogP contribution in [0.5, 0.6) is 0 Å². The zero-order valence-electron chi connectivity index (χ0n) is 12.1. The summed E-state index contributed by atoms with van der Waals surface area (Å²) in [5, 5.41) is 4.22. The molecule has 2 aromatic heterocycles. The van der Waals surface area contributed by atoms with Crippen LogP contribution >= 0.6 is 22.7 Å². The Morgan fingerprint density at radius 1 is 1.24 bits per heavy atom. The average molecular weight is 346 g/mol. The van der Waals surface area contributed by atoms with Gasteiger partial charge >= 0.3 is 0 Å². The monoisotopic (exact) mass is 345 g/mol. The molecule has 0 spiro atoms. The van der Waals surface area contributed by atoms with Crippen LogP contribution < -0.4 is 0 Å². The summed E-state index contributed by atoms with van der Waals surface area (Å²) in [6.07, 6.45) is 0.404. The number of hydrogen-bond acceptors (Lipinski definition) is 5. The molecule has 0 amide bonds. The summed E-state index contributed by atoms with van der Waals surface area (Å²) in [6, 6.07) is 6.35. The van der Waals surface area contributed by atoms with Crippen molar-refractivity contribution >= 4 is 32.8 Å². The van der Waals surface area contributed by atoms with E-state index < -0.39 is 10.1 Å². The first-order valence-electron chi connectivity index (χ1n) is 6.62. The molecule has 4 nitrogen and oxygen atoms in total. The minimum Gasteiger partial charge on any atom is -0.748 e. The summed E-state index contributed by atoms with van der Waals surface area (Å²) < 4.78 is 32.6. The van der Waals surface area contributed by atoms with E-state index in [1.165, 1.54) is 15.3 Å². The largest absolute Gasteiger partial charge is 0.748 e. The molecule has 0 atom stereocenters. The second kappa shape index (κ2) is 6.58. The van der Waals surface area contributed by atoms with Crippen molar-refractivity contribution in [2.24, 2.45) is 0 Å². The van der Waals surface area contributed by atoms with Crippen molar-refractivity contribution in [1.82, 2.24) is 0 Å². The molecule has 0 N–H and O–H groups in total. The van der Waals surface area contributed by atoms with Crippen molar-refractivity contribution in [1.29, 1.82) is 0 Å². The van der Waals surface area contributed by atoms with E-state index in [1.54, 1.807) is 22.7 Å². The molecule has 2 aromatic rings. The maximum absolute atomic E-state index is 10.7. The van der Waals surface area contributed by atoms with E-state index in [1.807, 2.05) is 6.07 Å². The number of thiophene rings is 2. The lowest BCUT2D eigenvalue weighted by Crippen LogP contribution is -2.40. The third-order valence-corrected chi connectivity index (χ3v) is 6.02. The molecule has 116 valence electrons. The Bertz CT molecular complexity index is 672. The predicted molar refractivity (Wildman–Crippen MR) is 87.5 cm³/mol. The number of hydrogen-bond donors (Lipinski definition) is 0. The lowest BCUT2D eigenvalue weighted by atomic mass is 10.2. The van der Waals surface area contributed by atoms with Gasteiger partial charge in [0.25, 0.3) is 0 Å². The Morgan fingerprint density at radius 3 is 2.62 bits per heavy atom. The second-order valence-electron chi connectivity index (χ2n) is 5.73. The van der Waals surface area contributed by atoms with Gasteiger partial charge in [-0.25, -0.2) is 8.42 Å². The van der Waals surface area contributed by atoms with Gasteiger partial charge in [0, 0.05) is 32.9 Å². The Morgan fingerprint density at radius 2 is 2.00 bits per heavy atom. The molecule has 2 heterocycles. The topological polar surface area (TPSA) is 57.2 Å². The predicted octanol–water partition coefficient (Wildman–Crippen LogP) is 2.99. The molecule has 0 aliphatic carbocycles. The van der Waals surface area contributed by atoms with Crippen molar-refractivity contribution in [3.63, 3.8) is 0 Å². The maximum Gasteiger partial charge on any atom is 0.105 e. The molecule has 0 aliphatic rings. The van der Waals surface area contributed by atoms with Crippen molar-refractivity contribution in [2.45, 2.75) is 13.0 Å². The van der Waals surface area contributed by atoms with Crippen LogP contribution in [-0.4, -0.2) is 43.8 Å². The van der Waals surface area contributed by atoms with Crippen molar-refractivity contribution in [3.05, 3.63) is 34.5 Å². The molecule has 21 heavy (non-hydrogen) atoms. The van der Waals surface area contributed by atoms with Gasteiger partial charge in [-0.2, -0.15) is 0 Å². The van der Waals surface area contributed by atoms with Gasteiger partial charge in [0.15, 0.2) is 0 Å². The molecule has 0 unspecified atom stereocenters. The van der Waals surface area contributed by atoms with Crippen molar-refractivity contribution < 1.29 is 17.5 Å². The van der Waals surface area contributed by atoms with Crippen LogP contribution in [0, 0.1) is 0 Å². The van der Waals surface area contributed by atoms with Gasteiger partial charge in [-0.1, -0.05) is 6.07 Å². The average Bonchev–Trinajstić information content (AvgIpc) is 2.95. The molecule has 0 bridgehead atoms. The highest BCUT2D eigenvalue weighted by Crippen LogP contribution is 2.31. The Balaban J connectivity index is 1.94. The molecular weight excluding hydrogens is 326 g/mol. The third kappa shape index (κ3) is 5.52. The van der Waals surface area contributed by atoms with Crippen LogP contribution in [0.4, 0.5) is 0 Å².